The lowest BCUT2D eigenvalue weighted by Gasteiger charge is -2.27. The first-order chi connectivity index (χ1) is 14.5. The molecule has 0 aromatic carbocycles. The third-order valence-electron chi connectivity index (χ3n) is 3.59. The fraction of sp³-hybridized carbons (Fsp3) is 0.556. The van der Waals surface area contributed by atoms with Crippen molar-refractivity contribution in [2.45, 2.75) is 24.2 Å². The number of nitrogens with two attached hydrogens (primary N) is 1. The van der Waals surface area contributed by atoms with Gasteiger partial charge in [0.1, 0.15) is 18.0 Å². The quantitative estimate of drug-likeness (QED) is 0.0700. The minimum atomic E-state index is -5.83. The summed E-state index contributed by atoms with van der Waals surface area (Å²) in [4.78, 5) is 41.9. The van der Waals surface area contributed by atoms with Gasteiger partial charge in [0.05, 0.1) is 6.61 Å². The zero-order chi connectivity index (χ0) is 24.5. The first-order valence-electron chi connectivity index (χ1n) is 7.74. The van der Waals surface area contributed by atoms with Gasteiger partial charge in [-0.15, -0.1) is 0 Å². The van der Waals surface area contributed by atoms with Gasteiger partial charge in [-0.3, -0.25) is 9.09 Å². The Morgan fingerprint density at radius 3 is 2.44 bits per heavy atom. The van der Waals surface area contributed by atoms with Crippen LogP contribution in [0.5, 0.6) is 0 Å². The Morgan fingerprint density at radius 2 is 1.91 bits per heavy atom. The molecule has 19 nitrogen and oxygen atoms in total. The molecule has 1 aromatic heterocycles. The Kier molecular flexibility index (Phi) is 8.01. The molecule has 0 radical (unpaired) electrons. The van der Waals surface area contributed by atoms with Gasteiger partial charge in [-0.2, -0.15) is 8.62 Å². The van der Waals surface area contributed by atoms with Crippen molar-refractivity contribution in [3.05, 3.63) is 27.5 Å². The van der Waals surface area contributed by atoms with Gasteiger partial charge in [0.2, 0.25) is 10.5 Å². The first-order valence-corrected chi connectivity index (χ1v) is 12.7. The number of anilines is 1. The van der Waals surface area contributed by atoms with Gasteiger partial charge in [0.25, 0.3) is 0 Å². The molecular formula is C9H15N6O13P3S. The predicted molar refractivity (Wildman–Crippen MR) is 101 cm³/mol. The molecule has 6 atom stereocenters. The summed E-state index contributed by atoms with van der Waals surface area (Å²) in [6.45, 7) is -1.37. The fourth-order valence-electron chi connectivity index (χ4n) is 2.40. The summed E-state index contributed by atoms with van der Waals surface area (Å²) < 4.78 is 51.5. The lowest BCUT2D eigenvalue weighted by atomic mass is 10.1. The van der Waals surface area contributed by atoms with E-state index >= 15 is 0 Å². The Hall–Kier alpha value is -1.30. The number of aliphatic hydroxyl groups is 2. The monoisotopic (exact) mass is 540 g/mol. The largest absolute Gasteiger partial charge is 0.490 e. The van der Waals surface area contributed by atoms with E-state index in [-0.39, 0.29) is 10.6 Å². The molecule has 0 spiro atoms. The molecule has 1 aliphatic heterocycles. The third kappa shape index (κ3) is 6.61. The Labute approximate surface area is 182 Å². The molecule has 23 heteroatoms. The van der Waals surface area contributed by atoms with Gasteiger partial charge in [-0.05, 0) is 23.8 Å². The summed E-state index contributed by atoms with van der Waals surface area (Å²) in [5, 5.41) is 23.8. The van der Waals surface area contributed by atoms with Gasteiger partial charge >= 0.3 is 23.5 Å². The van der Waals surface area contributed by atoms with E-state index in [1.807, 2.05) is 0 Å². The maximum absolute atomic E-state index is 11.9. The molecule has 32 heavy (non-hydrogen) atoms. The van der Waals surface area contributed by atoms with Crippen molar-refractivity contribution in [1.82, 2.24) is 9.55 Å². The van der Waals surface area contributed by atoms with Crippen molar-refractivity contribution in [2.24, 2.45) is 5.11 Å². The number of aromatic nitrogens is 2. The number of phosphoric ester groups is 1. The van der Waals surface area contributed by atoms with Crippen LogP contribution >= 0.6 is 35.7 Å². The second kappa shape index (κ2) is 9.52. The summed E-state index contributed by atoms with van der Waals surface area (Å²) in [6.07, 6.45) is -4.35. The molecule has 1 aromatic rings. The predicted octanol–water partition coefficient (Wildman–Crippen LogP) is -0.205. The second-order valence-electron chi connectivity index (χ2n) is 5.88. The number of hydrogen-bond donors (Lipinski definition) is 7. The van der Waals surface area contributed by atoms with Crippen molar-refractivity contribution in [3.8, 4) is 0 Å². The van der Waals surface area contributed by atoms with Crippen LogP contribution in [0, 0.1) is 4.77 Å². The van der Waals surface area contributed by atoms with E-state index in [0.717, 1.165) is 4.57 Å². The highest BCUT2D eigenvalue weighted by Crippen LogP contribution is 2.66. The molecule has 1 saturated heterocycles. The third-order valence-corrected chi connectivity index (χ3v) is 7.68. The number of aliphatic hydroxyl groups excluding tert-OH is 2. The van der Waals surface area contributed by atoms with Crippen molar-refractivity contribution in [1.29, 1.82) is 0 Å². The van der Waals surface area contributed by atoms with Gasteiger partial charge < -0.3 is 40.3 Å². The fourth-order valence-corrected chi connectivity index (χ4v) is 5.71. The van der Waals surface area contributed by atoms with E-state index in [0.29, 0.717) is 0 Å². The molecular weight excluding hydrogens is 525 g/mol. The van der Waals surface area contributed by atoms with E-state index in [1.165, 1.54) is 12.3 Å². The Balaban J connectivity index is 2.28. The van der Waals surface area contributed by atoms with Crippen molar-refractivity contribution >= 4 is 41.5 Å². The van der Waals surface area contributed by atoms with E-state index in [2.05, 4.69) is 28.2 Å². The first kappa shape index (κ1) is 26.9. The minimum absolute atomic E-state index is 0.00764. The standard InChI is InChI=1S/C9H15N6O13P3S/c10-4-1-2-15(8(32)12-4)7-5(16)6(17)9(26-7,13-14-11)3-25-30(21,22)28-31(23,24)27-29(18,19)20/h1-2,5-7,16-17H,3H2,(H,21,22)(H,23,24)(H2,10,12,32)(H2,18,19,20)/t5?,6-,7-,9-/m1/s1. The highest BCUT2D eigenvalue weighted by atomic mass is 32.1. The van der Waals surface area contributed by atoms with Gasteiger partial charge in [0, 0.05) is 11.1 Å². The van der Waals surface area contributed by atoms with Gasteiger partial charge in [-0.25, -0.2) is 18.7 Å². The molecule has 1 aliphatic rings. The van der Waals surface area contributed by atoms with Crippen LogP contribution in [0.25, 0.3) is 10.4 Å². The number of ether oxygens (including phenoxy) is 1. The average Bonchev–Trinajstić information content (AvgIpc) is 2.83. The highest BCUT2D eigenvalue weighted by Gasteiger charge is 2.56. The van der Waals surface area contributed by atoms with E-state index in [4.69, 9.17) is 42.9 Å². The average molecular weight is 540 g/mol. The molecule has 8 N–H and O–H groups in total. The number of nitrogens with zero attached hydrogens (tertiary/aromatic N) is 5. The lowest BCUT2D eigenvalue weighted by Crippen LogP contribution is -2.44. The minimum Gasteiger partial charge on any atom is -0.387 e. The van der Waals surface area contributed by atoms with Crippen LogP contribution in [0.3, 0.4) is 0 Å². The summed E-state index contributed by atoms with van der Waals surface area (Å²) in [7, 11) is -17.1. The number of phosphoric acid groups is 3. The van der Waals surface area contributed by atoms with Crippen LogP contribution in [0.1, 0.15) is 6.23 Å². The van der Waals surface area contributed by atoms with Gasteiger partial charge in [-0.1, -0.05) is 5.11 Å². The molecule has 1 fully saturated rings. The van der Waals surface area contributed by atoms with E-state index in [1.54, 1.807) is 0 Å². The number of azide groups is 1. The Morgan fingerprint density at radius 1 is 1.28 bits per heavy atom. The summed E-state index contributed by atoms with van der Waals surface area (Å²) >= 11 is 4.96. The van der Waals surface area contributed by atoms with Crippen LogP contribution < -0.4 is 5.73 Å². The van der Waals surface area contributed by atoms with Crippen LogP contribution in [0.2, 0.25) is 0 Å². The van der Waals surface area contributed by atoms with Gasteiger partial charge in [0.15, 0.2) is 6.23 Å². The van der Waals surface area contributed by atoms with Crippen LogP contribution in [-0.2, 0) is 31.6 Å². The van der Waals surface area contributed by atoms with Crippen molar-refractivity contribution < 1.29 is 61.4 Å². The normalized spacial score (nSPS) is 29.6. The summed E-state index contributed by atoms with van der Waals surface area (Å²) in [5.41, 5.74) is 11.7. The molecule has 0 saturated carbocycles. The van der Waals surface area contributed by atoms with Crippen molar-refractivity contribution in [2.75, 3.05) is 12.3 Å². The van der Waals surface area contributed by atoms with E-state index in [9.17, 15) is 28.8 Å². The zero-order valence-corrected chi connectivity index (χ0v) is 18.7. The summed E-state index contributed by atoms with van der Waals surface area (Å²) in [5.74, 6) is 0.00764. The molecule has 0 aliphatic carbocycles. The molecule has 0 bridgehead atoms. The van der Waals surface area contributed by atoms with E-state index < -0.39 is 54.2 Å². The van der Waals surface area contributed by atoms with Crippen LogP contribution in [0.4, 0.5) is 5.82 Å². The number of nitrogen functional groups attached to an aromatic ring is 1. The van der Waals surface area contributed by atoms with Crippen LogP contribution in [-0.4, -0.2) is 63.9 Å². The SMILES string of the molecule is [N-]=[N+]=N[C@]1(COP(=O)(O)OP(=O)(O)OP(=O)(O)O)O[C@@H](n2ccc(N)nc2=S)C(O)[C@H]1O. The molecule has 180 valence electrons. The molecule has 3 unspecified atom stereocenters. The zero-order valence-electron chi connectivity index (χ0n) is 15.2. The summed E-state index contributed by atoms with van der Waals surface area (Å²) in [6, 6.07) is 1.25. The van der Waals surface area contributed by atoms with Crippen LogP contribution in [0.15, 0.2) is 17.4 Å². The smallest absolute Gasteiger partial charge is 0.387 e. The molecule has 0 amide bonds. The Bertz CT molecular complexity index is 1120. The topological polar surface area (TPSA) is 302 Å². The second-order valence-corrected chi connectivity index (χ2v) is 10.7. The molecule has 2 rings (SSSR count). The maximum Gasteiger partial charge on any atom is 0.490 e. The maximum atomic E-state index is 11.9. The van der Waals surface area contributed by atoms with Crippen molar-refractivity contribution in [3.63, 3.8) is 0 Å². The molecule has 2 heterocycles. The number of rotatable bonds is 9. The lowest BCUT2D eigenvalue weighted by molar-refractivity contribution is -0.122. The number of hydrogen-bond acceptors (Lipinski definition) is 13. The highest BCUT2D eigenvalue weighted by molar-refractivity contribution is 7.71.